The van der Waals surface area contributed by atoms with Gasteiger partial charge in [-0.3, -0.25) is 4.79 Å². The van der Waals surface area contributed by atoms with Gasteiger partial charge in [-0.05, 0) is 51.0 Å². The molecule has 182 valence electrons. The summed E-state index contributed by atoms with van der Waals surface area (Å²) in [5.74, 6) is -1.25. The zero-order valence-corrected chi connectivity index (χ0v) is 19.5. The van der Waals surface area contributed by atoms with E-state index in [1.54, 1.807) is 31.0 Å². The molecule has 0 bridgehead atoms. The largest absolute Gasteiger partial charge is 0.357 e. The van der Waals surface area contributed by atoms with Crippen LogP contribution in [0.5, 0.6) is 5.75 Å². The molecule has 0 spiro atoms. The Balaban J connectivity index is 1.45. The Morgan fingerprint density at radius 3 is 2.49 bits per heavy atom. The predicted octanol–water partition coefficient (Wildman–Crippen LogP) is 4.95. The first kappa shape index (κ1) is 24.4. The summed E-state index contributed by atoms with van der Waals surface area (Å²) in [6.45, 7) is 4.44. The molecule has 1 aliphatic rings. The van der Waals surface area contributed by atoms with Crippen molar-refractivity contribution in [3.8, 4) is 5.75 Å². The lowest BCUT2D eigenvalue weighted by Gasteiger charge is -2.32. The van der Waals surface area contributed by atoms with Crippen molar-refractivity contribution in [1.82, 2.24) is 14.9 Å². The summed E-state index contributed by atoms with van der Waals surface area (Å²) < 4.78 is 41.3. The van der Waals surface area contributed by atoms with Crippen LogP contribution < -0.4 is 4.84 Å². The minimum atomic E-state index is -0.718. The lowest BCUT2D eigenvalue weighted by molar-refractivity contribution is -0.131. The number of hydrogen-bond donors (Lipinski definition) is 0. The van der Waals surface area contributed by atoms with E-state index in [0.717, 1.165) is 17.8 Å². The van der Waals surface area contributed by atoms with Crippen LogP contribution in [0, 0.1) is 24.4 Å². The summed E-state index contributed by atoms with van der Waals surface area (Å²) in [6.07, 6.45) is 2.63. The number of benzene rings is 2. The number of carbonyl (C=O) groups excluding carboxylic acids is 1. The standard InChI is InChI=1S/C26H25F3N4O2/c1-16(32-35-20-6-3-5-19(27)13-20)22-15-30-17(2)31-26(22)18-9-11-33(12-10-18)25(34)14-21-23(28)7-4-8-24(21)29/h3-8,13,15,18H,9-12,14H2,1-2H3/b32-16+. The smallest absolute Gasteiger partial charge is 0.227 e. The van der Waals surface area contributed by atoms with Crippen LogP contribution in [0.25, 0.3) is 0 Å². The third-order valence-electron chi connectivity index (χ3n) is 6.04. The molecule has 2 aromatic carbocycles. The number of amides is 1. The normalized spacial score (nSPS) is 14.8. The second-order valence-electron chi connectivity index (χ2n) is 8.47. The molecule has 0 saturated carbocycles. The van der Waals surface area contributed by atoms with Crippen LogP contribution in [0.2, 0.25) is 0 Å². The summed E-state index contributed by atoms with van der Waals surface area (Å²) in [7, 11) is 0. The lowest BCUT2D eigenvalue weighted by Crippen LogP contribution is -2.39. The van der Waals surface area contributed by atoms with Gasteiger partial charge in [0.15, 0.2) is 5.75 Å². The van der Waals surface area contributed by atoms with E-state index in [4.69, 9.17) is 4.84 Å². The van der Waals surface area contributed by atoms with Gasteiger partial charge in [-0.1, -0.05) is 17.3 Å². The first-order valence-electron chi connectivity index (χ1n) is 11.3. The molecule has 0 N–H and O–H groups in total. The quantitative estimate of drug-likeness (QED) is 0.368. The highest BCUT2D eigenvalue weighted by Crippen LogP contribution is 2.30. The molecule has 0 radical (unpaired) electrons. The Hall–Kier alpha value is -3.75. The van der Waals surface area contributed by atoms with Gasteiger partial charge < -0.3 is 9.74 Å². The van der Waals surface area contributed by atoms with Crippen molar-refractivity contribution in [2.75, 3.05) is 13.1 Å². The maximum Gasteiger partial charge on any atom is 0.227 e. The lowest BCUT2D eigenvalue weighted by atomic mass is 9.89. The summed E-state index contributed by atoms with van der Waals surface area (Å²) >= 11 is 0. The number of hydrogen-bond acceptors (Lipinski definition) is 5. The second kappa shape index (κ2) is 10.7. The summed E-state index contributed by atoms with van der Waals surface area (Å²) in [5, 5.41) is 4.13. The summed E-state index contributed by atoms with van der Waals surface area (Å²) in [4.78, 5) is 28.6. The Morgan fingerprint density at radius 1 is 1.11 bits per heavy atom. The number of likely N-dealkylation sites (tertiary alicyclic amines) is 1. The minimum Gasteiger partial charge on any atom is -0.357 e. The molecule has 1 amide bonds. The molecule has 9 heteroatoms. The molecular weight excluding hydrogens is 457 g/mol. The zero-order chi connectivity index (χ0) is 24.9. The first-order chi connectivity index (χ1) is 16.8. The molecule has 0 atom stereocenters. The van der Waals surface area contributed by atoms with Crippen molar-refractivity contribution in [3.63, 3.8) is 0 Å². The molecule has 1 aliphatic heterocycles. The Bertz CT molecular complexity index is 1240. The van der Waals surface area contributed by atoms with E-state index in [2.05, 4.69) is 15.1 Å². The van der Waals surface area contributed by atoms with Crippen LogP contribution in [0.1, 0.15) is 48.3 Å². The topological polar surface area (TPSA) is 67.7 Å². The molecule has 1 saturated heterocycles. The zero-order valence-electron chi connectivity index (χ0n) is 19.5. The molecule has 4 rings (SSSR count). The Labute approximate surface area is 201 Å². The third kappa shape index (κ3) is 5.85. The number of halogens is 3. The van der Waals surface area contributed by atoms with Crippen LogP contribution in [0.15, 0.2) is 53.8 Å². The molecule has 1 fully saturated rings. The van der Waals surface area contributed by atoms with Gasteiger partial charge in [0.1, 0.15) is 23.3 Å². The fraction of sp³-hybridized carbons (Fsp3) is 0.308. The number of aryl methyl sites for hydroxylation is 1. The molecular formula is C26H25F3N4O2. The van der Waals surface area contributed by atoms with Gasteiger partial charge >= 0.3 is 0 Å². The Morgan fingerprint density at radius 2 is 1.80 bits per heavy atom. The van der Waals surface area contributed by atoms with Crippen LogP contribution in [0.4, 0.5) is 13.2 Å². The van der Waals surface area contributed by atoms with Crippen LogP contribution in [-0.2, 0) is 11.2 Å². The molecule has 0 unspecified atom stereocenters. The van der Waals surface area contributed by atoms with Crippen molar-refractivity contribution in [2.24, 2.45) is 5.16 Å². The molecule has 35 heavy (non-hydrogen) atoms. The highest BCUT2D eigenvalue weighted by atomic mass is 19.1. The third-order valence-corrected chi connectivity index (χ3v) is 6.04. The van der Waals surface area contributed by atoms with E-state index in [-0.39, 0.29) is 29.6 Å². The minimum absolute atomic E-state index is 0.0419. The monoisotopic (exact) mass is 482 g/mol. The van der Waals surface area contributed by atoms with Crippen molar-refractivity contribution in [3.05, 3.63) is 88.8 Å². The number of piperidine rings is 1. The number of aromatic nitrogens is 2. The molecule has 6 nitrogen and oxygen atoms in total. The fourth-order valence-electron chi connectivity index (χ4n) is 4.14. The SMILES string of the molecule is C/C(=N\Oc1cccc(F)c1)c1cnc(C)nc1C1CCN(C(=O)Cc2c(F)cccc2F)CC1. The summed E-state index contributed by atoms with van der Waals surface area (Å²) in [6, 6.07) is 9.28. The van der Waals surface area contributed by atoms with E-state index < -0.39 is 17.5 Å². The van der Waals surface area contributed by atoms with Crippen molar-refractivity contribution >= 4 is 11.6 Å². The van der Waals surface area contributed by atoms with Gasteiger partial charge in [-0.15, -0.1) is 0 Å². The molecule has 2 heterocycles. The molecule has 0 aliphatic carbocycles. The van der Waals surface area contributed by atoms with Gasteiger partial charge in [0.25, 0.3) is 0 Å². The maximum atomic E-state index is 13.9. The van der Waals surface area contributed by atoms with Crippen molar-refractivity contribution in [2.45, 2.75) is 39.0 Å². The van der Waals surface area contributed by atoms with Gasteiger partial charge in [0.2, 0.25) is 5.91 Å². The Kier molecular flexibility index (Phi) is 7.43. The van der Waals surface area contributed by atoms with Crippen molar-refractivity contribution < 1.29 is 22.8 Å². The molecule has 1 aromatic heterocycles. The number of oxime groups is 1. The van der Waals surface area contributed by atoms with Crippen molar-refractivity contribution in [1.29, 1.82) is 0 Å². The van der Waals surface area contributed by atoms with Crippen LogP contribution >= 0.6 is 0 Å². The van der Waals surface area contributed by atoms with Crippen LogP contribution in [-0.4, -0.2) is 39.6 Å². The number of nitrogens with zero attached hydrogens (tertiary/aromatic N) is 4. The maximum absolute atomic E-state index is 13.9. The fourth-order valence-corrected chi connectivity index (χ4v) is 4.14. The van der Waals surface area contributed by atoms with E-state index in [9.17, 15) is 18.0 Å². The van der Waals surface area contributed by atoms with E-state index in [1.165, 1.54) is 24.3 Å². The average Bonchev–Trinajstić information content (AvgIpc) is 2.85. The highest BCUT2D eigenvalue weighted by Gasteiger charge is 2.28. The average molecular weight is 483 g/mol. The van der Waals surface area contributed by atoms with Gasteiger partial charge in [0.05, 0.1) is 17.8 Å². The summed E-state index contributed by atoms with van der Waals surface area (Å²) in [5.41, 5.74) is 1.84. The second-order valence-corrected chi connectivity index (χ2v) is 8.47. The van der Waals surface area contributed by atoms with Gasteiger partial charge in [0, 0.05) is 42.4 Å². The highest BCUT2D eigenvalue weighted by molar-refractivity contribution is 5.99. The number of rotatable bonds is 6. The van der Waals surface area contributed by atoms with Gasteiger partial charge in [-0.2, -0.15) is 0 Å². The van der Waals surface area contributed by atoms with E-state index >= 15 is 0 Å². The van der Waals surface area contributed by atoms with E-state index in [1.807, 2.05) is 0 Å². The first-order valence-corrected chi connectivity index (χ1v) is 11.3. The predicted molar refractivity (Wildman–Crippen MR) is 125 cm³/mol. The molecule has 3 aromatic rings. The van der Waals surface area contributed by atoms with E-state index in [0.29, 0.717) is 43.0 Å². The van der Waals surface area contributed by atoms with Crippen LogP contribution in [0.3, 0.4) is 0 Å². The number of carbonyl (C=O) groups is 1. The van der Waals surface area contributed by atoms with Gasteiger partial charge in [-0.25, -0.2) is 23.1 Å².